The van der Waals surface area contributed by atoms with Gasteiger partial charge in [-0.05, 0) is 30.9 Å². The van der Waals surface area contributed by atoms with E-state index in [1.54, 1.807) is 6.20 Å². The van der Waals surface area contributed by atoms with Crippen LogP contribution in [0.3, 0.4) is 0 Å². The van der Waals surface area contributed by atoms with Crippen molar-refractivity contribution in [1.82, 2.24) is 15.1 Å². The first-order chi connectivity index (χ1) is 16.5. The van der Waals surface area contributed by atoms with Crippen molar-refractivity contribution in [2.24, 2.45) is 0 Å². The highest BCUT2D eigenvalue weighted by Crippen LogP contribution is 2.35. The van der Waals surface area contributed by atoms with Crippen LogP contribution in [-0.4, -0.2) is 39.7 Å². The number of aromatic nitrogens is 2. The Morgan fingerprint density at radius 2 is 2.06 bits per heavy atom. The van der Waals surface area contributed by atoms with Gasteiger partial charge in [0, 0.05) is 23.4 Å². The topological polar surface area (TPSA) is 120 Å². The fraction of sp³-hybridized carbons (Fsp3) is 0.292. The van der Waals surface area contributed by atoms with Gasteiger partial charge in [-0.15, -0.1) is 0 Å². The Kier molecular flexibility index (Phi) is 5.70. The van der Waals surface area contributed by atoms with Crippen LogP contribution in [0, 0.1) is 10.1 Å². The second-order valence-electron chi connectivity index (χ2n) is 8.38. The van der Waals surface area contributed by atoms with Crippen LogP contribution in [0.1, 0.15) is 35.7 Å². The number of ether oxygens (including phenoxy) is 1. The third-order valence-electron chi connectivity index (χ3n) is 6.17. The number of benzene rings is 2. The van der Waals surface area contributed by atoms with Gasteiger partial charge >= 0.3 is 0 Å². The van der Waals surface area contributed by atoms with Crippen LogP contribution in [0.25, 0.3) is 0 Å². The molecular formula is C24H23N5O5. The molecule has 34 heavy (non-hydrogen) atoms. The maximum Gasteiger partial charge on any atom is 0.271 e. The lowest BCUT2D eigenvalue weighted by molar-refractivity contribution is -0.384. The van der Waals surface area contributed by atoms with Crippen molar-refractivity contribution in [2.45, 2.75) is 31.8 Å². The van der Waals surface area contributed by atoms with Crippen molar-refractivity contribution in [1.29, 1.82) is 0 Å². The number of amides is 2. The summed E-state index contributed by atoms with van der Waals surface area (Å²) in [6.45, 7) is 0.187. The zero-order valence-corrected chi connectivity index (χ0v) is 18.3. The van der Waals surface area contributed by atoms with E-state index >= 15 is 0 Å². The Balaban J connectivity index is 1.31. The SMILES string of the molecule is O=C(CN1C(=O)COc2ccc([N+](=O)[O-])cc21)NC1CCCc2c1cnn2Cc1ccccc1. The quantitative estimate of drug-likeness (QED) is 0.445. The predicted octanol–water partition coefficient (Wildman–Crippen LogP) is 2.76. The van der Waals surface area contributed by atoms with Gasteiger partial charge in [-0.2, -0.15) is 5.10 Å². The van der Waals surface area contributed by atoms with Gasteiger partial charge in [-0.1, -0.05) is 30.3 Å². The summed E-state index contributed by atoms with van der Waals surface area (Å²) in [6, 6.07) is 13.9. The van der Waals surface area contributed by atoms with Crippen molar-refractivity contribution in [3.05, 3.63) is 81.7 Å². The van der Waals surface area contributed by atoms with E-state index in [1.165, 1.54) is 23.1 Å². The van der Waals surface area contributed by atoms with E-state index in [0.29, 0.717) is 12.3 Å². The predicted molar refractivity (Wildman–Crippen MR) is 123 cm³/mol. The number of anilines is 1. The van der Waals surface area contributed by atoms with E-state index in [4.69, 9.17) is 4.74 Å². The molecule has 1 atom stereocenters. The number of fused-ring (bicyclic) bond motifs is 2. The molecule has 0 bridgehead atoms. The van der Waals surface area contributed by atoms with Gasteiger partial charge in [0.05, 0.1) is 29.4 Å². The molecule has 0 saturated carbocycles. The van der Waals surface area contributed by atoms with Gasteiger partial charge in [0.15, 0.2) is 6.61 Å². The first kappa shape index (κ1) is 21.6. The average Bonchev–Trinajstić information content (AvgIpc) is 3.25. The van der Waals surface area contributed by atoms with E-state index in [1.807, 2.05) is 22.9 Å². The second-order valence-corrected chi connectivity index (χ2v) is 8.38. The van der Waals surface area contributed by atoms with E-state index in [0.717, 1.165) is 36.1 Å². The molecule has 3 aromatic rings. The third kappa shape index (κ3) is 4.21. The molecule has 1 aliphatic heterocycles. The number of non-ortho nitro benzene ring substituents is 1. The minimum atomic E-state index is -0.547. The summed E-state index contributed by atoms with van der Waals surface area (Å²) in [6.07, 6.45) is 4.37. The van der Waals surface area contributed by atoms with Crippen molar-refractivity contribution in [3.63, 3.8) is 0 Å². The van der Waals surface area contributed by atoms with Gasteiger partial charge in [0.2, 0.25) is 5.91 Å². The molecule has 1 N–H and O–H groups in total. The Morgan fingerprint density at radius 1 is 1.24 bits per heavy atom. The monoisotopic (exact) mass is 461 g/mol. The van der Waals surface area contributed by atoms with Crippen LogP contribution in [0.4, 0.5) is 11.4 Å². The molecule has 10 nitrogen and oxygen atoms in total. The summed E-state index contributed by atoms with van der Waals surface area (Å²) in [5.41, 5.74) is 3.28. The number of nitro benzene ring substituents is 1. The summed E-state index contributed by atoms with van der Waals surface area (Å²) in [4.78, 5) is 37.3. The Hall–Kier alpha value is -4.21. The van der Waals surface area contributed by atoms with Crippen LogP contribution < -0.4 is 15.0 Å². The maximum absolute atomic E-state index is 13.0. The second kappa shape index (κ2) is 8.97. The average molecular weight is 461 g/mol. The summed E-state index contributed by atoms with van der Waals surface area (Å²) in [5.74, 6) is -0.440. The number of carbonyl (C=O) groups is 2. The highest BCUT2D eigenvalue weighted by atomic mass is 16.6. The first-order valence-corrected chi connectivity index (χ1v) is 11.1. The zero-order valence-electron chi connectivity index (χ0n) is 18.3. The van der Waals surface area contributed by atoms with Crippen LogP contribution in [0.2, 0.25) is 0 Å². The molecule has 0 saturated heterocycles. The molecule has 1 unspecified atom stereocenters. The standard InChI is InChI=1S/C24H23N5O5/c30-23(14-27-21-11-17(29(32)33)9-10-22(21)34-15-24(27)31)26-19-7-4-8-20-18(19)12-25-28(20)13-16-5-2-1-3-6-16/h1-3,5-6,9-12,19H,4,7-8,13-15H2,(H,26,30). The van der Waals surface area contributed by atoms with Crippen molar-refractivity contribution in [3.8, 4) is 5.75 Å². The number of hydrogen-bond acceptors (Lipinski definition) is 6. The number of nitro groups is 1. The third-order valence-corrected chi connectivity index (χ3v) is 6.17. The Bertz CT molecular complexity index is 1260. The molecule has 1 aromatic heterocycles. The molecule has 174 valence electrons. The van der Waals surface area contributed by atoms with Crippen LogP contribution in [0.15, 0.2) is 54.7 Å². The van der Waals surface area contributed by atoms with Gasteiger partial charge < -0.3 is 10.1 Å². The molecule has 0 radical (unpaired) electrons. The number of carbonyl (C=O) groups excluding carboxylic acids is 2. The molecule has 10 heteroatoms. The Morgan fingerprint density at radius 3 is 2.85 bits per heavy atom. The van der Waals surface area contributed by atoms with Gasteiger partial charge in [0.1, 0.15) is 12.3 Å². The molecular weight excluding hydrogens is 438 g/mol. The van der Waals surface area contributed by atoms with Gasteiger partial charge in [0.25, 0.3) is 11.6 Å². The lowest BCUT2D eigenvalue weighted by atomic mass is 9.93. The molecule has 2 amide bonds. The van der Waals surface area contributed by atoms with Crippen LogP contribution >= 0.6 is 0 Å². The fourth-order valence-electron chi connectivity index (χ4n) is 4.52. The van der Waals surface area contributed by atoms with E-state index in [2.05, 4.69) is 22.5 Å². The summed E-state index contributed by atoms with van der Waals surface area (Å²) in [5, 5.41) is 18.8. The van der Waals surface area contributed by atoms with E-state index in [-0.39, 0.29) is 36.5 Å². The normalized spacial score (nSPS) is 16.9. The summed E-state index contributed by atoms with van der Waals surface area (Å²) < 4.78 is 7.35. The molecule has 2 aromatic carbocycles. The highest BCUT2D eigenvalue weighted by Gasteiger charge is 2.31. The van der Waals surface area contributed by atoms with E-state index < -0.39 is 10.8 Å². The smallest absolute Gasteiger partial charge is 0.271 e. The zero-order chi connectivity index (χ0) is 23.7. The molecule has 0 fully saturated rings. The van der Waals surface area contributed by atoms with Crippen LogP contribution in [-0.2, 0) is 22.6 Å². The molecule has 5 rings (SSSR count). The van der Waals surface area contributed by atoms with Crippen LogP contribution in [0.5, 0.6) is 5.75 Å². The highest BCUT2D eigenvalue weighted by molar-refractivity contribution is 6.02. The Labute approximate surface area is 195 Å². The minimum Gasteiger partial charge on any atom is -0.482 e. The lowest BCUT2D eigenvalue weighted by Crippen LogP contribution is -2.46. The largest absolute Gasteiger partial charge is 0.482 e. The number of nitrogens with zero attached hydrogens (tertiary/aromatic N) is 4. The summed E-state index contributed by atoms with van der Waals surface area (Å²) in [7, 11) is 0. The van der Waals surface area contributed by atoms with Crippen molar-refractivity contribution < 1.29 is 19.2 Å². The fourth-order valence-corrected chi connectivity index (χ4v) is 4.52. The minimum absolute atomic E-state index is 0.176. The van der Waals surface area contributed by atoms with Gasteiger partial charge in [-0.25, -0.2) is 0 Å². The van der Waals surface area contributed by atoms with Crippen molar-refractivity contribution >= 4 is 23.2 Å². The maximum atomic E-state index is 13.0. The van der Waals surface area contributed by atoms with E-state index in [9.17, 15) is 19.7 Å². The lowest BCUT2D eigenvalue weighted by Gasteiger charge is -2.30. The molecule has 1 aliphatic carbocycles. The molecule has 0 spiro atoms. The van der Waals surface area contributed by atoms with Gasteiger partial charge in [-0.3, -0.25) is 29.3 Å². The number of hydrogen-bond donors (Lipinski definition) is 1. The molecule has 2 heterocycles. The van der Waals surface area contributed by atoms with Crippen molar-refractivity contribution in [2.75, 3.05) is 18.1 Å². The number of rotatable bonds is 6. The summed E-state index contributed by atoms with van der Waals surface area (Å²) >= 11 is 0. The number of nitrogens with one attached hydrogen (secondary N) is 1. The first-order valence-electron chi connectivity index (χ1n) is 11.1. The molecule has 2 aliphatic rings.